The summed E-state index contributed by atoms with van der Waals surface area (Å²) in [5.41, 5.74) is 6.11. The summed E-state index contributed by atoms with van der Waals surface area (Å²) in [7, 11) is 0. The minimum Gasteiger partial charge on any atom is -0.308 e. The van der Waals surface area contributed by atoms with E-state index in [1.54, 1.807) is 0 Å². The van der Waals surface area contributed by atoms with E-state index in [1.807, 2.05) is 6.08 Å². The number of halogens is 1. The van der Waals surface area contributed by atoms with Gasteiger partial charge < -0.3 is 4.40 Å². The van der Waals surface area contributed by atoms with Crippen LogP contribution in [0.1, 0.15) is 11.1 Å². The Morgan fingerprint density at radius 1 is 1.00 bits per heavy atom. The number of allylic oxidation sites excluding steroid dienone is 1. The molecule has 5 aromatic rings. The lowest BCUT2D eigenvalue weighted by Gasteiger charge is -2.12. The fraction of sp³-hybridized carbons (Fsp3) is 0.0400. The summed E-state index contributed by atoms with van der Waals surface area (Å²) in [6.07, 6.45) is 4.04. The molecule has 27 heavy (non-hydrogen) atoms. The molecule has 0 aliphatic rings. The molecule has 130 valence electrons. The highest BCUT2D eigenvalue weighted by Gasteiger charge is 2.16. The Hall–Kier alpha value is -2.84. The lowest BCUT2D eigenvalue weighted by molar-refractivity contribution is 1.32. The van der Waals surface area contributed by atoms with Gasteiger partial charge in [0.05, 0.1) is 16.6 Å². The Balaban J connectivity index is 2.22. The maximum Gasteiger partial charge on any atom is 0.0577 e. The van der Waals surface area contributed by atoms with Gasteiger partial charge in [0, 0.05) is 20.5 Å². The van der Waals surface area contributed by atoms with Crippen LogP contribution in [-0.4, -0.2) is 4.40 Å². The van der Waals surface area contributed by atoms with Crippen LogP contribution in [0.25, 0.3) is 50.2 Å². The molecule has 0 aliphatic heterocycles. The van der Waals surface area contributed by atoms with E-state index in [2.05, 4.69) is 101 Å². The maximum absolute atomic E-state index is 4.07. The average Bonchev–Trinajstić information content (AvgIpc) is 2.97. The van der Waals surface area contributed by atoms with Crippen molar-refractivity contribution in [3.8, 4) is 0 Å². The lowest BCUT2D eigenvalue weighted by atomic mass is 10.0. The highest BCUT2D eigenvalue weighted by atomic mass is 79.9. The molecule has 0 spiro atoms. The molecule has 0 radical (unpaired) electrons. The van der Waals surface area contributed by atoms with Gasteiger partial charge in [-0.3, -0.25) is 0 Å². The highest BCUT2D eigenvalue weighted by molar-refractivity contribution is 9.12. The number of pyridine rings is 1. The van der Waals surface area contributed by atoms with E-state index in [0.29, 0.717) is 0 Å². The van der Waals surface area contributed by atoms with Gasteiger partial charge in [-0.05, 0) is 53.1 Å². The first-order chi connectivity index (χ1) is 13.1. The highest BCUT2D eigenvalue weighted by Crippen LogP contribution is 2.33. The van der Waals surface area contributed by atoms with Crippen molar-refractivity contribution in [3.05, 3.63) is 88.6 Å². The Morgan fingerprint density at radius 2 is 1.78 bits per heavy atom. The van der Waals surface area contributed by atoms with Crippen LogP contribution in [0.5, 0.6) is 0 Å². The van der Waals surface area contributed by atoms with Crippen LogP contribution in [0.3, 0.4) is 0 Å². The van der Waals surface area contributed by atoms with Gasteiger partial charge in [0.2, 0.25) is 0 Å². The predicted molar refractivity (Wildman–Crippen MR) is 122 cm³/mol. The third-order valence-corrected chi connectivity index (χ3v) is 5.68. The molecule has 0 unspecified atom stereocenters. The van der Waals surface area contributed by atoms with Crippen LogP contribution in [0.2, 0.25) is 0 Å². The Labute approximate surface area is 166 Å². The van der Waals surface area contributed by atoms with Crippen molar-refractivity contribution in [2.45, 2.75) is 6.92 Å². The van der Waals surface area contributed by atoms with Crippen molar-refractivity contribution >= 4 is 66.2 Å². The van der Waals surface area contributed by atoms with E-state index in [4.69, 9.17) is 0 Å². The molecule has 0 fully saturated rings. The van der Waals surface area contributed by atoms with Crippen LogP contribution >= 0.6 is 15.9 Å². The van der Waals surface area contributed by atoms with Gasteiger partial charge in [0.15, 0.2) is 0 Å². The molecule has 1 nitrogen and oxygen atoms in total. The van der Waals surface area contributed by atoms with E-state index in [-0.39, 0.29) is 0 Å². The van der Waals surface area contributed by atoms with Gasteiger partial charge >= 0.3 is 0 Å². The maximum atomic E-state index is 4.07. The molecule has 0 aliphatic carbocycles. The largest absolute Gasteiger partial charge is 0.308 e. The number of aromatic nitrogens is 1. The molecule has 2 heterocycles. The fourth-order valence-electron chi connectivity index (χ4n) is 4.33. The first-order valence-corrected chi connectivity index (χ1v) is 9.76. The minimum atomic E-state index is 0.872. The molecule has 0 N–H and O–H groups in total. The van der Waals surface area contributed by atoms with Crippen molar-refractivity contribution in [3.63, 3.8) is 0 Å². The third-order valence-electron chi connectivity index (χ3n) is 5.45. The minimum absolute atomic E-state index is 0.872. The number of benzene rings is 3. The van der Waals surface area contributed by atoms with Crippen LogP contribution in [-0.2, 0) is 0 Å². The van der Waals surface area contributed by atoms with Crippen LogP contribution in [0.15, 0.2) is 72.2 Å². The second-order valence-corrected chi connectivity index (χ2v) is 7.99. The van der Waals surface area contributed by atoms with Gasteiger partial charge in [-0.1, -0.05) is 71.6 Å². The molecule has 2 aromatic heterocycles. The van der Waals surface area contributed by atoms with Crippen LogP contribution < -0.4 is 5.22 Å². The summed E-state index contributed by atoms with van der Waals surface area (Å²) in [6, 6.07) is 19.6. The zero-order valence-electron chi connectivity index (χ0n) is 15.1. The summed E-state index contributed by atoms with van der Waals surface area (Å²) in [6.45, 7) is 10.2. The predicted octanol–water partition coefficient (Wildman–Crippen LogP) is 6.76. The second-order valence-electron chi connectivity index (χ2n) is 6.98. The average molecular weight is 412 g/mol. The van der Waals surface area contributed by atoms with Crippen molar-refractivity contribution in [2.75, 3.05) is 0 Å². The Kier molecular flexibility index (Phi) is 3.53. The molecule has 2 heteroatoms. The number of rotatable bonds is 2. The van der Waals surface area contributed by atoms with Gasteiger partial charge in [0.25, 0.3) is 0 Å². The number of nitrogens with zero attached hydrogens (tertiary/aromatic N) is 1. The van der Waals surface area contributed by atoms with Gasteiger partial charge in [-0.25, -0.2) is 0 Å². The van der Waals surface area contributed by atoms with E-state index >= 15 is 0 Å². The molecule has 0 atom stereocenters. The standard InChI is InChI=1S/C25H18BrN/c1-4-17-11-12-22-20(14-17)16(3)25-21(13-15(2)26)19-9-5-7-18-8-6-10-23(24(18)19)27(22)25/h4-14H,1-2H2,3H3/b21-13-. The molecule has 0 amide bonds. The summed E-state index contributed by atoms with van der Waals surface area (Å²) < 4.78 is 3.27. The van der Waals surface area contributed by atoms with E-state index < -0.39 is 0 Å². The molecular weight excluding hydrogens is 394 g/mol. The van der Waals surface area contributed by atoms with Gasteiger partial charge in [-0.15, -0.1) is 0 Å². The topological polar surface area (TPSA) is 4.41 Å². The molecule has 0 bridgehead atoms. The van der Waals surface area contributed by atoms with Crippen molar-refractivity contribution < 1.29 is 0 Å². The summed E-state index contributed by atoms with van der Waals surface area (Å²) in [4.78, 5) is 0. The fourth-order valence-corrected chi connectivity index (χ4v) is 4.56. The second kappa shape index (κ2) is 5.83. The number of hydrogen-bond donors (Lipinski definition) is 0. The van der Waals surface area contributed by atoms with Crippen molar-refractivity contribution in [1.29, 1.82) is 0 Å². The van der Waals surface area contributed by atoms with Crippen LogP contribution in [0.4, 0.5) is 0 Å². The molecular formula is C25H18BrN. The van der Waals surface area contributed by atoms with Gasteiger partial charge in [0.1, 0.15) is 0 Å². The lowest BCUT2D eigenvalue weighted by Crippen LogP contribution is -2.09. The van der Waals surface area contributed by atoms with E-state index in [9.17, 15) is 0 Å². The normalized spacial score (nSPS) is 12.6. The zero-order chi connectivity index (χ0) is 18.7. The molecule has 3 aromatic carbocycles. The third kappa shape index (κ3) is 2.23. The Bertz CT molecular complexity index is 1460. The SMILES string of the molecule is C=Cc1ccc2c(c1)c(C)c1/c(=C\C(=C)Br)c3cccc4cccc(c43)n12. The van der Waals surface area contributed by atoms with Gasteiger partial charge in [-0.2, -0.15) is 0 Å². The van der Waals surface area contributed by atoms with Crippen LogP contribution in [0, 0.1) is 6.92 Å². The first-order valence-electron chi connectivity index (χ1n) is 8.96. The monoisotopic (exact) mass is 411 g/mol. The summed E-state index contributed by atoms with van der Waals surface area (Å²) >= 11 is 3.55. The van der Waals surface area contributed by atoms with Crippen molar-refractivity contribution in [2.24, 2.45) is 0 Å². The van der Waals surface area contributed by atoms with E-state index in [1.165, 1.54) is 48.9 Å². The quantitative estimate of drug-likeness (QED) is 0.302. The zero-order valence-corrected chi connectivity index (χ0v) is 16.7. The number of hydrogen-bond acceptors (Lipinski definition) is 0. The van der Waals surface area contributed by atoms with Crippen molar-refractivity contribution in [1.82, 2.24) is 4.40 Å². The smallest absolute Gasteiger partial charge is 0.0577 e. The van der Waals surface area contributed by atoms with E-state index in [0.717, 1.165) is 10.0 Å². The molecule has 5 rings (SSSR count). The first kappa shape index (κ1) is 16.3. The summed E-state index contributed by atoms with van der Waals surface area (Å²) in [5.74, 6) is 0. The number of aryl methyl sites for hydroxylation is 1. The summed E-state index contributed by atoms with van der Waals surface area (Å²) in [5, 5.41) is 6.26. The number of fused-ring (bicyclic) bond motifs is 4. The Morgan fingerprint density at radius 3 is 2.52 bits per heavy atom. The molecule has 0 saturated heterocycles. The molecule has 0 saturated carbocycles.